The molecule has 1 fully saturated rings. The topological polar surface area (TPSA) is 78.9 Å². The number of aliphatic carboxylic acids is 1. The lowest BCUT2D eigenvalue weighted by Crippen LogP contribution is -2.31. The van der Waals surface area contributed by atoms with Gasteiger partial charge in [0.2, 0.25) is 0 Å². The predicted octanol–water partition coefficient (Wildman–Crippen LogP) is 0.197. The quantitative estimate of drug-likeness (QED) is 0.714. The van der Waals surface area contributed by atoms with Crippen LogP contribution in [-0.2, 0) is 20.7 Å². The zero-order valence-corrected chi connectivity index (χ0v) is 9.13. The third kappa shape index (κ3) is 3.04. The summed E-state index contributed by atoms with van der Waals surface area (Å²) in [6, 6.07) is 9.74. The zero-order chi connectivity index (χ0) is 12.3. The summed E-state index contributed by atoms with van der Waals surface area (Å²) in [6.07, 6.45) is -1.06. The average molecular weight is 235 g/mol. The average Bonchev–Trinajstić information content (AvgIpc) is 3.10. The highest BCUT2D eigenvalue weighted by atomic mass is 16.6. The molecule has 1 aliphatic heterocycles. The van der Waals surface area contributed by atoms with E-state index in [-0.39, 0.29) is 5.91 Å². The van der Waals surface area contributed by atoms with Crippen LogP contribution in [0, 0.1) is 0 Å². The van der Waals surface area contributed by atoms with Gasteiger partial charge in [0, 0.05) is 6.54 Å². The molecule has 0 bridgehead atoms. The number of amides is 1. The van der Waals surface area contributed by atoms with E-state index in [9.17, 15) is 9.59 Å². The second kappa shape index (κ2) is 4.97. The fraction of sp³-hybridized carbons (Fsp3) is 0.333. The summed E-state index contributed by atoms with van der Waals surface area (Å²) < 4.78 is 4.73. The number of hydrogen-bond donors (Lipinski definition) is 2. The molecular formula is C12H13NO4. The SMILES string of the molecule is O=C(O)C1OC1C(=O)NCCc1ccccc1. The highest BCUT2D eigenvalue weighted by Gasteiger charge is 2.50. The van der Waals surface area contributed by atoms with E-state index in [0.29, 0.717) is 6.54 Å². The van der Waals surface area contributed by atoms with E-state index in [4.69, 9.17) is 9.84 Å². The molecule has 2 rings (SSSR count). The van der Waals surface area contributed by atoms with E-state index in [1.54, 1.807) is 0 Å². The highest BCUT2D eigenvalue weighted by molar-refractivity contribution is 5.92. The van der Waals surface area contributed by atoms with Crippen LogP contribution in [0.5, 0.6) is 0 Å². The number of carboxylic acid groups (broad SMARTS) is 1. The van der Waals surface area contributed by atoms with Crippen molar-refractivity contribution in [3.8, 4) is 0 Å². The molecule has 90 valence electrons. The van der Waals surface area contributed by atoms with Gasteiger partial charge in [0.05, 0.1) is 0 Å². The number of carbonyl (C=O) groups is 2. The summed E-state index contributed by atoms with van der Waals surface area (Å²) in [5, 5.41) is 11.2. The normalized spacial score (nSPS) is 21.9. The second-order valence-electron chi connectivity index (χ2n) is 3.84. The molecule has 17 heavy (non-hydrogen) atoms. The predicted molar refractivity (Wildman–Crippen MR) is 59.5 cm³/mol. The lowest BCUT2D eigenvalue weighted by atomic mass is 10.1. The maximum atomic E-state index is 11.4. The minimum absolute atomic E-state index is 0.353. The number of epoxide rings is 1. The van der Waals surface area contributed by atoms with Crippen molar-refractivity contribution in [2.45, 2.75) is 18.6 Å². The Morgan fingerprint density at radius 3 is 2.53 bits per heavy atom. The third-order valence-electron chi connectivity index (χ3n) is 2.55. The minimum atomic E-state index is -1.09. The van der Waals surface area contributed by atoms with Gasteiger partial charge in [-0.1, -0.05) is 30.3 Å². The number of benzene rings is 1. The molecule has 0 radical (unpaired) electrons. The third-order valence-corrected chi connectivity index (χ3v) is 2.55. The Morgan fingerprint density at radius 2 is 1.94 bits per heavy atom. The molecule has 2 N–H and O–H groups in total. The van der Waals surface area contributed by atoms with Crippen LogP contribution in [0.2, 0.25) is 0 Å². The van der Waals surface area contributed by atoms with Crippen molar-refractivity contribution in [3.63, 3.8) is 0 Å². The molecule has 0 spiro atoms. The van der Waals surface area contributed by atoms with Crippen LogP contribution in [0.15, 0.2) is 30.3 Å². The molecule has 1 aliphatic rings. The molecule has 2 unspecified atom stereocenters. The van der Waals surface area contributed by atoms with Gasteiger partial charge < -0.3 is 15.2 Å². The number of nitrogens with one attached hydrogen (secondary N) is 1. The Morgan fingerprint density at radius 1 is 1.24 bits per heavy atom. The Kier molecular flexibility index (Phi) is 3.39. The Labute approximate surface area is 98.4 Å². The van der Waals surface area contributed by atoms with Crippen molar-refractivity contribution in [1.29, 1.82) is 0 Å². The molecule has 1 saturated heterocycles. The van der Waals surface area contributed by atoms with E-state index < -0.39 is 18.2 Å². The smallest absolute Gasteiger partial charge is 0.336 e. The Balaban J connectivity index is 1.70. The fourth-order valence-corrected chi connectivity index (χ4v) is 1.57. The lowest BCUT2D eigenvalue weighted by Gasteiger charge is -2.02. The van der Waals surface area contributed by atoms with Gasteiger partial charge in [-0.15, -0.1) is 0 Å². The largest absolute Gasteiger partial charge is 0.479 e. The molecule has 0 aromatic heterocycles. The number of rotatable bonds is 5. The molecule has 5 nitrogen and oxygen atoms in total. The second-order valence-corrected chi connectivity index (χ2v) is 3.84. The lowest BCUT2D eigenvalue weighted by molar-refractivity contribution is -0.138. The number of carbonyl (C=O) groups excluding carboxylic acids is 1. The first kappa shape index (κ1) is 11.6. The monoisotopic (exact) mass is 235 g/mol. The fourth-order valence-electron chi connectivity index (χ4n) is 1.57. The van der Waals surface area contributed by atoms with E-state index in [0.717, 1.165) is 12.0 Å². The summed E-state index contributed by atoms with van der Waals surface area (Å²) in [4.78, 5) is 21.9. The molecule has 0 saturated carbocycles. The van der Waals surface area contributed by atoms with E-state index in [2.05, 4.69) is 5.32 Å². The van der Waals surface area contributed by atoms with Gasteiger partial charge in [-0.05, 0) is 12.0 Å². The molecule has 5 heteroatoms. The molecule has 2 atom stereocenters. The summed E-state index contributed by atoms with van der Waals surface area (Å²) >= 11 is 0. The van der Waals surface area contributed by atoms with Crippen LogP contribution in [0.1, 0.15) is 5.56 Å². The van der Waals surface area contributed by atoms with Crippen molar-refractivity contribution >= 4 is 11.9 Å². The van der Waals surface area contributed by atoms with E-state index in [1.165, 1.54) is 0 Å². The van der Waals surface area contributed by atoms with Crippen LogP contribution < -0.4 is 5.32 Å². The highest BCUT2D eigenvalue weighted by Crippen LogP contribution is 2.21. The van der Waals surface area contributed by atoms with Gasteiger partial charge in [0.1, 0.15) is 0 Å². The van der Waals surface area contributed by atoms with Gasteiger partial charge >= 0.3 is 5.97 Å². The number of ether oxygens (including phenoxy) is 1. The Hall–Kier alpha value is -1.88. The van der Waals surface area contributed by atoms with Crippen molar-refractivity contribution in [2.24, 2.45) is 0 Å². The van der Waals surface area contributed by atoms with Crippen LogP contribution in [0.4, 0.5) is 0 Å². The summed E-state index contributed by atoms with van der Waals surface area (Å²) in [5.41, 5.74) is 1.12. The summed E-state index contributed by atoms with van der Waals surface area (Å²) in [7, 11) is 0. The van der Waals surface area contributed by atoms with Gasteiger partial charge in [-0.25, -0.2) is 4.79 Å². The Bertz CT molecular complexity index is 418. The molecule has 1 amide bonds. The maximum absolute atomic E-state index is 11.4. The summed E-state index contributed by atoms with van der Waals surface area (Å²) in [6.45, 7) is 0.481. The zero-order valence-electron chi connectivity index (χ0n) is 9.13. The first-order valence-corrected chi connectivity index (χ1v) is 5.38. The van der Waals surface area contributed by atoms with Gasteiger partial charge in [-0.2, -0.15) is 0 Å². The first-order chi connectivity index (χ1) is 8.18. The van der Waals surface area contributed by atoms with Crippen LogP contribution in [0.25, 0.3) is 0 Å². The van der Waals surface area contributed by atoms with Crippen molar-refractivity contribution in [3.05, 3.63) is 35.9 Å². The van der Waals surface area contributed by atoms with E-state index in [1.807, 2.05) is 30.3 Å². The van der Waals surface area contributed by atoms with Crippen molar-refractivity contribution in [2.75, 3.05) is 6.54 Å². The standard InChI is InChI=1S/C12H13NO4/c14-11(9-10(17-9)12(15)16)13-7-6-8-4-2-1-3-5-8/h1-5,9-10H,6-7H2,(H,13,14)(H,15,16). The van der Waals surface area contributed by atoms with Crippen molar-refractivity contribution < 1.29 is 19.4 Å². The number of carboxylic acids is 1. The summed E-state index contributed by atoms with van der Waals surface area (Å²) in [5.74, 6) is -1.44. The van der Waals surface area contributed by atoms with Gasteiger partial charge in [0.15, 0.2) is 12.2 Å². The molecule has 1 aromatic carbocycles. The van der Waals surface area contributed by atoms with Gasteiger partial charge in [-0.3, -0.25) is 4.79 Å². The first-order valence-electron chi connectivity index (χ1n) is 5.38. The number of hydrogen-bond acceptors (Lipinski definition) is 3. The van der Waals surface area contributed by atoms with Crippen molar-refractivity contribution in [1.82, 2.24) is 5.32 Å². The van der Waals surface area contributed by atoms with Crippen LogP contribution in [0.3, 0.4) is 0 Å². The maximum Gasteiger partial charge on any atom is 0.336 e. The van der Waals surface area contributed by atoms with Gasteiger partial charge in [0.25, 0.3) is 5.91 Å². The van der Waals surface area contributed by atoms with E-state index >= 15 is 0 Å². The molecule has 1 heterocycles. The molecule has 1 aromatic rings. The molecule has 0 aliphatic carbocycles. The minimum Gasteiger partial charge on any atom is -0.479 e. The molecular weight excluding hydrogens is 222 g/mol. The van der Waals surface area contributed by atoms with Crippen LogP contribution >= 0.6 is 0 Å². The van der Waals surface area contributed by atoms with Crippen LogP contribution in [-0.4, -0.2) is 35.7 Å².